The first-order chi connectivity index (χ1) is 9.72. The summed E-state index contributed by atoms with van der Waals surface area (Å²) in [6.07, 6.45) is 9.23. The highest BCUT2D eigenvalue weighted by molar-refractivity contribution is 5.97. The van der Waals surface area contributed by atoms with Gasteiger partial charge in [0, 0.05) is 30.2 Å². The van der Waals surface area contributed by atoms with E-state index in [1.165, 1.54) is 25.7 Å². The zero-order valence-electron chi connectivity index (χ0n) is 11.9. The predicted molar refractivity (Wildman–Crippen MR) is 79.7 cm³/mol. The molecule has 1 amide bonds. The molecule has 1 aliphatic carbocycles. The Bertz CT molecular complexity index is 609. The Balaban J connectivity index is 1.74. The number of nitrogens with zero attached hydrogens (tertiary/aromatic N) is 2. The topological polar surface area (TPSA) is 46.9 Å². The number of benzene rings is 1. The van der Waals surface area contributed by atoms with Crippen LogP contribution in [0, 0.1) is 0 Å². The van der Waals surface area contributed by atoms with Crippen LogP contribution in [0.3, 0.4) is 0 Å². The maximum atomic E-state index is 12.3. The minimum Gasteiger partial charge on any atom is -0.349 e. The predicted octanol–water partition coefficient (Wildman–Crippen LogP) is 3.03. The van der Waals surface area contributed by atoms with E-state index in [0.717, 1.165) is 23.7 Å². The fraction of sp³-hybridized carbons (Fsp3) is 0.500. The average Bonchev–Trinajstić information content (AvgIpc) is 2.62. The summed E-state index contributed by atoms with van der Waals surface area (Å²) in [7, 11) is 1.89. The summed E-state index contributed by atoms with van der Waals surface area (Å²) >= 11 is 0. The van der Waals surface area contributed by atoms with Gasteiger partial charge in [0.2, 0.25) is 0 Å². The summed E-state index contributed by atoms with van der Waals surface area (Å²) in [6.45, 7) is 0. The van der Waals surface area contributed by atoms with Crippen LogP contribution in [0.1, 0.15) is 48.9 Å². The number of aryl methyl sites for hydroxylation is 1. The third kappa shape index (κ3) is 2.84. The second-order valence-electron chi connectivity index (χ2n) is 5.74. The molecular formula is C16H21N3O. The van der Waals surface area contributed by atoms with E-state index in [2.05, 4.69) is 10.4 Å². The van der Waals surface area contributed by atoms with Crippen molar-refractivity contribution >= 4 is 16.8 Å². The minimum absolute atomic E-state index is 0.0319. The van der Waals surface area contributed by atoms with Crippen molar-refractivity contribution in [1.29, 1.82) is 0 Å². The molecule has 0 unspecified atom stereocenters. The summed E-state index contributed by atoms with van der Waals surface area (Å²) < 4.78 is 1.78. The van der Waals surface area contributed by atoms with Gasteiger partial charge in [-0.15, -0.1) is 0 Å². The van der Waals surface area contributed by atoms with Crippen molar-refractivity contribution in [2.24, 2.45) is 7.05 Å². The number of carbonyl (C=O) groups excluding carboxylic acids is 1. The first-order valence-corrected chi connectivity index (χ1v) is 7.47. The molecule has 1 aromatic heterocycles. The van der Waals surface area contributed by atoms with Crippen LogP contribution in [0.15, 0.2) is 24.4 Å². The Kier molecular flexibility index (Phi) is 3.72. The van der Waals surface area contributed by atoms with Crippen LogP contribution < -0.4 is 5.32 Å². The lowest BCUT2D eigenvalue weighted by Crippen LogP contribution is -2.34. The second-order valence-corrected chi connectivity index (χ2v) is 5.74. The van der Waals surface area contributed by atoms with Gasteiger partial charge in [0.25, 0.3) is 5.91 Å². The Morgan fingerprint density at radius 2 is 2.00 bits per heavy atom. The highest BCUT2D eigenvalue weighted by atomic mass is 16.1. The molecule has 0 aliphatic heterocycles. The molecule has 0 saturated heterocycles. The normalized spacial score (nSPS) is 17.1. The number of aromatic nitrogens is 2. The van der Waals surface area contributed by atoms with E-state index in [1.54, 1.807) is 4.68 Å². The number of rotatable bonds is 2. The van der Waals surface area contributed by atoms with Crippen LogP contribution in [-0.2, 0) is 7.05 Å². The van der Waals surface area contributed by atoms with Crippen LogP contribution in [0.5, 0.6) is 0 Å². The molecule has 1 aliphatic rings. The Morgan fingerprint density at radius 3 is 2.75 bits per heavy atom. The van der Waals surface area contributed by atoms with Crippen molar-refractivity contribution < 1.29 is 4.79 Å². The number of hydrogen-bond acceptors (Lipinski definition) is 2. The van der Waals surface area contributed by atoms with Crippen molar-refractivity contribution in [3.63, 3.8) is 0 Å². The summed E-state index contributed by atoms with van der Waals surface area (Å²) in [6, 6.07) is 6.06. The standard InChI is InChI=1S/C16H21N3O/c1-19-11-13-9-8-12(10-15(13)18-19)16(20)17-14-6-4-2-3-5-7-14/h8-11,14H,2-7H2,1H3,(H,17,20). The van der Waals surface area contributed by atoms with E-state index in [1.807, 2.05) is 31.4 Å². The van der Waals surface area contributed by atoms with E-state index in [-0.39, 0.29) is 5.91 Å². The lowest BCUT2D eigenvalue weighted by molar-refractivity contribution is 0.0933. The first-order valence-electron chi connectivity index (χ1n) is 7.47. The third-order valence-electron chi connectivity index (χ3n) is 4.07. The average molecular weight is 271 g/mol. The van der Waals surface area contributed by atoms with Gasteiger partial charge in [-0.1, -0.05) is 31.7 Å². The largest absolute Gasteiger partial charge is 0.349 e. The van der Waals surface area contributed by atoms with Crippen LogP contribution in [0.2, 0.25) is 0 Å². The van der Waals surface area contributed by atoms with Gasteiger partial charge in [-0.2, -0.15) is 5.10 Å². The van der Waals surface area contributed by atoms with Crippen molar-refractivity contribution in [3.05, 3.63) is 30.0 Å². The van der Waals surface area contributed by atoms with E-state index in [4.69, 9.17) is 0 Å². The molecule has 20 heavy (non-hydrogen) atoms. The molecule has 1 N–H and O–H groups in total. The maximum Gasteiger partial charge on any atom is 0.251 e. The van der Waals surface area contributed by atoms with Crippen molar-refractivity contribution in [3.8, 4) is 0 Å². The van der Waals surface area contributed by atoms with Gasteiger partial charge in [-0.05, 0) is 25.0 Å². The zero-order valence-corrected chi connectivity index (χ0v) is 11.9. The summed E-state index contributed by atoms with van der Waals surface area (Å²) in [5, 5.41) is 8.60. The molecule has 0 atom stereocenters. The van der Waals surface area contributed by atoms with Crippen molar-refractivity contribution in [2.75, 3.05) is 0 Å². The maximum absolute atomic E-state index is 12.3. The van der Waals surface area contributed by atoms with E-state index < -0.39 is 0 Å². The molecule has 2 aromatic rings. The molecule has 4 heteroatoms. The van der Waals surface area contributed by atoms with E-state index in [0.29, 0.717) is 11.6 Å². The highest BCUT2D eigenvalue weighted by Crippen LogP contribution is 2.18. The van der Waals surface area contributed by atoms with Crippen molar-refractivity contribution in [1.82, 2.24) is 15.1 Å². The SMILES string of the molecule is Cn1cc2ccc(C(=O)NC3CCCCCC3)cc2n1. The summed E-state index contributed by atoms with van der Waals surface area (Å²) in [5.41, 5.74) is 1.58. The van der Waals surface area contributed by atoms with E-state index >= 15 is 0 Å². The second kappa shape index (κ2) is 5.65. The van der Waals surface area contributed by atoms with Gasteiger partial charge in [0.15, 0.2) is 0 Å². The fourth-order valence-corrected chi connectivity index (χ4v) is 2.97. The number of hydrogen-bond donors (Lipinski definition) is 1. The third-order valence-corrected chi connectivity index (χ3v) is 4.07. The molecule has 0 radical (unpaired) electrons. The van der Waals surface area contributed by atoms with Gasteiger partial charge < -0.3 is 5.32 Å². The molecule has 0 bridgehead atoms. The minimum atomic E-state index is 0.0319. The highest BCUT2D eigenvalue weighted by Gasteiger charge is 2.16. The summed E-state index contributed by atoms with van der Waals surface area (Å²) in [4.78, 5) is 12.3. The number of nitrogens with one attached hydrogen (secondary N) is 1. The van der Waals surface area contributed by atoms with Gasteiger partial charge in [-0.25, -0.2) is 0 Å². The Morgan fingerprint density at radius 1 is 1.25 bits per heavy atom. The van der Waals surface area contributed by atoms with Gasteiger partial charge >= 0.3 is 0 Å². The number of carbonyl (C=O) groups is 1. The van der Waals surface area contributed by atoms with Gasteiger partial charge in [0.05, 0.1) is 5.52 Å². The van der Waals surface area contributed by atoms with Crippen LogP contribution in [0.4, 0.5) is 0 Å². The monoisotopic (exact) mass is 271 g/mol. The molecule has 1 fully saturated rings. The zero-order chi connectivity index (χ0) is 13.9. The number of fused-ring (bicyclic) bond motifs is 1. The molecular weight excluding hydrogens is 250 g/mol. The Hall–Kier alpha value is -1.84. The van der Waals surface area contributed by atoms with Crippen LogP contribution in [-0.4, -0.2) is 21.7 Å². The van der Waals surface area contributed by atoms with E-state index in [9.17, 15) is 4.79 Å². The molecule has 0 spiro atoms. The molecule has 1 saturated carbocycles. The van der Waals surface area contributed by atoms with Crippen molar-refractivity contribution in [2.45, 2.75) is 44.6 Å². The smallest absolute Gasteiger partial charge is 0.251 e. The van der Waals surface area contributed by atoms with Gasteiger partial charge in [-0.3, -0.25) is 9.48 Å². The molecule has 4 nitrogen and oxygen atoms in total. The fourth-order valence-electron chi connectivity index (χ4n) is 2.97. The summed E-state index contributed by atoms with van der Waals surface area (Å²) in [5.74, 6) is 0.0319. The molecule has 1 heterocycles. The first kappa shape index (κ1) is 13.2. The van der Waals surface area contributed by atoms with Crippen LogP contribution in [0.25, 0.3) is 10.9 Å². The quantitative estimate of drug-likeness (QED) is 0.853. The lowest BCUT2D eigenvalue weighted by Gasteiger charge is -2.16. The van der Waals surface area contributed by atoms with Crippen LogP contribution >= 0.6 is 0 Å². The van der Waals surface area contributed by atoms with Gasteiger partial charge in [0.1, 0.15) is 0 Å². The lowest BCUT2D eigenvalue weighted by atomic mass is 10.1. The Labute approximate surface area is 119 Å². The molecule has 106 valence electrons. The molecule has 3 rings (SSSR count). The molecule has 1 aromatic carbocycles. The number of amides is 1.